The molecule has 6 nitrogen and oxygen atoms in total. The second-order valence-corrected chi connectivity index (χ2v) is 3.52. The van der Waals surface area contributed by atoms with Crippen molar-refractivity contribution in [3.8, 4) is 17.2 Å². The fraction of sp³-hybridized carbons (Fsp3) is 0.364. The van der Waals surface area contributed by atoms with Gasteiger partial charge in [0.05, 0.1) is 12.7 Å². The average molecular weight is 239 g/mol. The van der Waals surface area contributed by atoms with Gasteiger partial charge in [0, 0.05) is 0 Å². The molecule has 0 aliphatic carbocycles. The second-order valence-electron chi connectivity index (χ2n) is 3.52. The lowest BCUT2D eigenvalue weighted by Crippen LogP contribution is -2.24. The summed E-state index contributed by atoms with van der Waals surface area (Å²) in [4.78, 5) is 11.0. The van der Waals surface area contributed by atoms with Gasteiger partial charge in [-0.15, -0.1) is 0 Å². The molecule has 92 valence electrons. The fourth-order valence-corrected chi connectivity index (χ4v) is 1.72. The quantitative estimate of drug-likeness (QED) is 0.800. The van der Waals surface area contributed by atoms with Gasteiger partial charge >= 0.3 is 5.97 Å². The van der Waals surface area contributed by atoms with Gasteiger partial charge in [-0.05, 0) is 12.1 Å². The summed E-state index contributed by atoms with van der Waals surface area (Å²) in [6.45, 7) is 0.792. The van der Waals surface area contributed by atoms with Gasteiger partial charge < -0.3 is 25.1 Å². The van der Waals surface area contributed by atoms with Gasteiger partial charge in [0.15, 0.2) is 11.5 Å². The number of aliphatic carboxylic acids is 1. The van der Waals surface area contributed by atoms with Gasteiger partial charge in [-0.3, -0.25) is 4.79 Å². The molecule has 0 bridgehead atoms. The number of carbonyl (C=O) groups is 1. The Balaban J connectivity index is 2.55. The molecule has 3 N–H and O–H groups in total. The van der Waals surface area contributed by atoms with Crippen molar-refractivity contribution in [3.63, 3.8) is 0 Å². The maximum Gasteiger partial charge on any atom is 0.325 e. The second kappa shape index (κ2) is 4.50. The van der Waals surface area contributed by atoms with E-state index in [-0.39, 0.29) is 0 Å². The minimum absolute atomic E-state index is 0.303. The first-order chi connectivity index (χ1) is 8.15. The lowest BCUT2D eigenvalue weighted by Gasteiger charge is -2.23. The molecule has 0 spiro atoms. The number of carboxylic acid groups (broad SMARTS) is 1. The summed E-state index contributed by atoms with van der Waals surface area (Å²) >= 11 is 0. The largest absolute Gasteiger partial charge is 0.496 e. The summed E-state index contributed by atoms with van der Waals surface area (Å²) in [5.74, 6) is 0.0734. The standard InChI is InChI=1S/C11H13NO5/c1-15-6-2-3-7-10(17-5-4-16-7)8(6)9(12)11(13)14/h2-3,9H,4-5,12H2,1H3,(H,13,14). The van der Waals surface area contributed by atoms with Crippen LogP contribution in [0, 0.1) is 0 Å². The molecule has 1 aliphatic rings. The van der Waals surface area contributed by atoms with Crippen molar-refractivity contribution in [2.75, 3.05) is 20.3 Å². The summed E-state index contributed by atoms with van der Waals surface area (Å²) < 4.78 is 15.9. The minimum atomic E-state index is -1.21. The Morgan fingerprint density at radius 2 is 2.18 bits per heavy atom. The average Bonchev–Trinajstić information content (AvgIpc) is 2.36. The summed E-state index contributed by atoms with van der Waals surface area (Å²) in [6, 6.07) is 2.08. The molecular weight excluding hydrogens is 226 g/mol. The van der Waals surface area contributed by atoms with Crippen LogP contribution in [0.3, 0.4) is 0 Å². The number of fused-ring (bicyclic) bond motifs is 1. The Bertz CT molecular complexity index is 446. The Labute approximate surface area is 97.9 Å². The number of ether oxygens (including phenoxy) is 3. The minimum Gasteiger partial charge on any atom is -0.496 e. The Morgan fingerprint density at radius 1 is 1.47 bits per heavy atom. The molecule has 1 unspecified atom stereocenters. The van der Waals surface area contributed by atoms with E-state index in [4.69, 9.17) is 25.1 Å². The van der Waals surface area contributed by atoms with Crippen LogP contribution in [0.4, 0.5) is 0 Å². The highest BCUT2D eigenvalue weighted by Crippen LogP contribution is 2.42. The van der Waals surface area contributed by atoms with Crippen molar-refractivity contribution in [1.29, 1.82) is 0 Å². The van der Waals surface area contributed by atoms with Crippen molar-refractivity contribution < 1.29 is 24.1 Å². The van der Waals surface area contributed by atoms with Crippen molar-refractivity contribution >= 4 is 5.97 Å². The van der Waals surface area contributed by atoms with Crippen LogP contribution in [0.1, 0.15) is 11.6 Å². The van der Waals surface area contributed by atoms with Gasteiger partial charge in [-0.25, -0.2) is 0 Å². The molecule has 0 fully saturated rings. The molecule has 0 amide bonds. The summed E-state index contributed by atoms with van der Waals surface area (Å²) in [7, 11) is 1.45. The van der Waals surface area contributed by atoms with E-state index in [1.165, 1.54) is 7.11 Å². The zero-order valence-corrected chi connectivity index (χ0v) is 9.30. The number of rotatable bonds is 3. The first-order valence-electron chi connectivity index (χ1n) is 5.10. The van der Waals surface area contributed by atoms with E-state index in [0.29, 0.717) is 36.0 Å². The van der Waals surface area contributed by atoms with Gasteiger partial charge in [-0.1, -0.05) is 0 Å². The number of methoxy groups -OCH3 is 1. The van der Waals surface area contributed by atoms with Crippen LogP contribution in [-0.4, -0.2) is 31.4 Å². The number of carboxylic acids is 1. The van der Waals surface area contributed by atoms with E-state index < -0.39 is 12.0 Å². The smallest absolute Gasteiger partial charge is 0.325 e. The van der Waals surface area contributed by atoms with E-state index >= 15 is 0 Å². The first-order valence-corrected chi connectivity index (χ1v) is 5.10. The van der Waals surface area contributed by atoms with Crippen LogP contribution in [0.25, 0.3) is 0 Å². The van der Waals surface area contributed by atoms with Gasteiger partial charge in [0.2, 0.25) is 0 Å². The van der Waals surface area contributed by atoms with Crippen LogP contribution in [-0.2, 0) is 4.79 Å². The topological polar surface area (TPSA) is 91.0 Å². The Hall–Kier alpha value is -1.95. The molecular formula is C11H13NO5. The molecule has 1 atom stereocenters. The van der Waals surface area contributed by atoms with E-state index in [9.17, 15) is 4.79 Å². The first kappa shape index (κ1) is 11.5. The maximum atomic E-state index is 11.0. The Morgan fingerprint density at radius 3 is 2.82 bits per heavy atom. The highest BCUT2D eigenvalue weighted by atomic mass is 16.6. The molecule has 0 saturated heterocycles. The molecule has 1 aliphatic heterocycles. The molecule has 17 heavy (non-hydrogen) atoms. The molecule has 6 heteroatoms. The van der Waals surface area contributed by atoms with Crippen molar-refractivity contribution in [3.05, 3.63) is 17.7 Å². The van der Waals surface area contributed by atoms with E-state index in [2.05, 4.69) is 0 Å². The summed E-state index contributed by atoms with van der Waals surface area (Å²) in [6.07, 6.45) is 0. The van der Waals surface area contributed by atoms with Crippen LogP contribution < -0.4 is 19.9 Å². The highest BCUT2D eigenvalue weighted by Gasteiger charge is 2.28. The third-order valence-corrected chi connectivity index (χ3v) is 2.50. The molecule has 1 aromatic carbocycles. The lowest BCUT2D eigenvalue weighted by atomic mass is 10.0. The summed E-state index contributed by atoms with van der Waals surface area (Å²) in [5.41, 5.74) is 5.93. The van der Waals surface area contributed by atoms with E-state index in [1.807, 2.05) is 0 Å². The SMILES string of the molecule is COc1ccc2c(c1C(N)C(=O)O)OCCO2. The molecule has 2 rings (SSSR count). The predicted octanol–water partition coefficient (Wildman–Crippen LogP) is 0.551. The number of hydrogen-bond donors (Lipinski definition) is 2. The zero-order valence-electron chi connectivity index (χ0n) is 9.30. The van der Waals surface area contributed by atoms with Crippen molar-refractivity contribution in [2.24, 2.45) is 5.73 Å². The maximum absolute atomic E-state index is 11.0. The van der Waals surface area contributed by atoms with Crippen molar-refractivity contribution in [1.82, 2.24) is 0 Å². The van der Waals surface area contributed by atoms with Crippen LogP contribution in [0.15, 0.2) is 12.1 Å². The normalized spacial score (nSPS) is 15.2. The fourth-order valence-electron chi connectivity index (χ4n) is 1.72. The third-order valence-electron chi connectivity index (χ3n) is 2.50. The predicted molar refractivity (Wildman–Crippen MR) is 58.5 cm³/mol. The van der Waals surface area contributed by atoms with E-state index in [1.54, 1.807) is 12.1 Å². The number of benzene rings is 1. The number of nitrogens with two attached hydrogens (primary N) is 1. The lowest BCUT2D eigenvalue weighted by molar-refractivity contribution is -0.138. The van der Waals surface area contributed by atoms with Gasteiger partial charge in [0.1, 0.15) is 25.0 Å². The van der Waals surface area contributed by atoms with E-state index in [0.717, 1.165) is 0 Å². The third kappa shape index (κ3) is 1.99. The molecule has 0 radical (unpaired) electrons. The van der Waals surface area contributed by atoms with Crippen molar-refractivity contribution in [2.45, 2.75) is 6.04 Å². The van der Waals surface area contributed by atoms with Crippen LogP contribution in [0.5, 0.6) is 17.2 Å². The summed E-state index contributed by atoms with van der Waals surface area (Å²) in [5, 5.41) is 8.98. The monoisotopic (exact) mass is 239 g/mol. The van der Waals surface area contributed by atoms with Gasteiger partial charge in [-0.2, -0.15) is 0 Å². The zero-order chi connectivity index (χ0) is 12.4. The molecule has 1 heterocycles. The van der Waals surface area contributed by atoms with Gasteiger partial charge in [0.25, 0.3) is 0 Å². The highest BCUT2D eigenvalue weighted by molar-refractivity contribution is 5.78. The van der Waals surface area contributed by atoms with Crippen LogP contribution in [0.2, 0.25) is 0 Å². The molecule has 0 aromatic heterocycles. The molecule has 1 aromatic rings. The van der Waals surface area contributed by atoms with Crippen LogP contribution >= 0.6 is 0 Å². The Kier molecular flexibility index (Phi) is 3.06. The molecule has 0 saturated carbocycles. The number of hydrogen-bond acceptors (Lipinski definition) is 5.